The fourth-order valence-electron chi connectivity index (χ4n) is 2.53. The van der Waals surface area contributed by atoms with Gasteiger partial charge < -0.3 is 9.30 Å². The summed E-state index contributed by atoms with van der Waals surface area (Å²) in [6, 6.07) is 9.31. The van der Waals surface area contributed by atoms with Crippen molar-refractivity contribution in [2.45, 2.75) is 24.9 Å². The second-order valence-electron chi connectivity index (χ2n) is 6.90. The molecular weight excluding hydrogens is 449 g/mol. The van der Waals surface area contributed by atoms with E-state index in [4.69, 9.17) is 27.9 Å². The Morgan fingerprint density at radius 3 is 2.37 bits per heavy atom. The summed E-state index contributed by atoms with van der Waals surface area (Å²) in [4.78, 5) is 20.3. The minimum atomic E-state index is -3.42. The molecule has 0 fully saturated rings. The molecule has 3 rings (SSSR count). The van der Waals surface area contributed by atoms with Gasteiger partial charge in [-0.05, 0) is 38.1 Å². The van der Waals surface area contributed by atoms with Crippen LogP contribution in [0.2, 0.25) is 10.0 Å². The van der Waals surface area contributed by atoms with E-state index in [0.717, 1.165) is 0 Å². The van der Waals surface area contributed by atoms with Crippen LogP contribution < -0.4 is 10.3 Å². The number of hydrogen-bond donors (Lipinski definition) is 0. The zero-order chi connectivity index (χ0) is 22.1. The van der Waals surface area contributed by atoms with Crippen LogP contribution in [0.1, 0.15) is 19.5 Å². The molecule has 30 heavy (non-hydrogen) atoms. The van der Waals surface area contributed by atoms with Crippen LogP contribution in [0.3, 0.4) is 0 Å². The van der Waals surface area contributed by atoms with E-state index in [-0.39, 0.29) is 38.8 Å². The second-order valence-corrected chi connectivity index (χ2v) is 10.3. The van der Waals surface area contributed by atoms with Gasteiger partial charge in [0.15, 0.2) is 15.6 Å². The third kappa shape index (κ3) is 5.00. The zero-order valence-corrected chi connectivity index (χ0v) is 18.8. The lowest BCUT2D eigenvalue weighted by atomic mass is 10.2. The number of benzene rings is 1. The molecule has 0 unspecified atom stereocenters. The number of nitrogens with zero attached hydrogens (tertiary/aromatic N) is 3. The summed E-state index contributed by atoms with van der Waals surface area (Å²) in [5.74, 6) is -0.130. The molecule has 158 valence electrons. The maximum absolute atomic E-state index is 12.4. The first-order valence-corrected chi connectivity index (χ1v) is 11.4. The average molecular weight is 468 g/mol. The molecule has 7 nitrogen and oxygen atoms in total. The lowest BCUT2D eigenvalue weighted by Crippen LogP contribution is -2.17. The Morgan fingerprint density at radius 2 is 1.77 bits per heavy atom. The number of para-hydroxylation sites is 1. The third-order valence-electron chi connectivity index (χ3n) is 4.32. The molecule has 0 saturated carbocycles. The van der Waals surface area contributed by atoms with E-state index >= 15 is 0 Å². The van der Waals surface area contributed by atoms with Crippen LogP contribution in [0.4, 0.5) is 0 Å². The van der Waals surface area contributed by atoms with E-state index in [1.54, 1.807) is 57.4 Å². The Labute approximate surface area is 184 Å². The molecule has 0 N–H and O–H groups in total. The highest BCUT2D eigenvalue weighted by molar-refractivity contribution is 7.91. The summed E-state index contributed by atoms with van der Waals surface area (Å²) in [6.07, 6.45) is 1.59. The SMILES string of the molecule is CC(C)S(=O)(=O)Cc1cc(-c2ccc(=O)n(C)c2)nc(Oc2c(Cl)cccc2Cl)n1. The van der Waals surface area contributed by atoms with Gasteiger partial charge in [0.2, 0.25) is 5.56 Å². The van der Waals surface area contributed by atoms with Crippen molar-refractivity contribution in [2.24, 2.45) is 7.05 Å². The van der Waals surface area contributed by atoms with E-state index in [0.29, 0.717) is 11.3 Å². The molecule has 0 aliphatic carbocycles. The normalized spacial score (nSPS) is 11.7. The van der Waals surface area contributed by atoms with E-state index in [9.17, 15) is 13.2 Å². The van der Waals surface area contributed by atoms with Crippen LogP contribution in [-0.4, -0.2) is 28.2 Å². The highest BCUT2D eigenvalue weighted by Crippen LogP contribution is 2.35. The largest absolute Gasteiger partial charge is 0.421 e. The quantitative estimate of drug-likeness (QED) is 0.537. The van der Waals surface area contributed by atoms with Crippen molar-refractivity contribution in [3.63, 3.8) is 0 Å². The van der Waals surface area contributed by atoms with E-state index in [2.05, 4.69) is 9.97 Å². The van der Waals surface area contributed by atoms with Gasteiger partial charge in [0, 0.05) is 24.9 Å². The van der Waals surface area contributed by atoms with Gasteiger partial charge in [0.25, 0.3) is 0 Å². The summed E-state index contributed by atoms with van der Waals surface area (Å²) < 4.78 is 32.0. The number of pyridine rings is 1. The number of rotatable bonds is 6. The summed E-state index contributed by atoms with van der Waals surface area (Å²) in [7, 11) is -1.81. The molecular formula is C20H19Cl2N3O4S. The smallest absolute Gasteiger partial charge is 0.322 e. The van der Waals surface area contributed by atoms with Gasteiger partial charge in [-0.1, -0.05) is 29.3 Å². The number of halogens is 2. The maximum Gasteiger partial charge on any atom is 0.322 e. The monoisotopic (exact) mass is 467 g/mol. The molecule has 0 bridgehead atoms. The van der Waals surface area contributed by atoms with Gasteiger partial charge in [0.1, 0.15) is 0 Å². The van der Waals surface area contributed by atoms with Gasteiger partial charge in [-0.15, -0.1) is 0 Å². The van der Waals surface area contributed by atoms with Gasteiger partial charge in [-0.2, -0.15) is 9.97 Å². The van der Waals surface area contributed by atoms with E-state index in [1.807, 2.05) is 0 Å². The van der Waals surface area contributed by atoms with Crippen molar-refractivity contribution in [1.29, 1.82) is 0 Å². The minimum absolute atomic E-state index is 0.106. The Hall–Kier alpha value is -2.42. The molecule has 1 aromatic carbocycles. The van der Waals surface area contributed by atoms with Crippen LogP contribution >= 0.6 is 23.2 Å². The van der Waals surface area contributed by atoms with Crippen molar-refractivity contribution in [3.05, 3.63) is 68.7 Å². The van der Waals surface area contributed by atoms with Gasteiger partial charge in [-0.25, -0.2) is 8.42 Å². The first-order valence-electron chi connectivity index (χ1n) is 8.95. The summed E-state index contributed by atoms with van der Waals surface area (Å²) >= 11 is 12.3. The van der Waals surface area contributed by atoms with Crippen molar-refractivity contribution in [1.82, 2.24) is 14.5 Å². The molecule has 0 radical (unpaired) electrons. The predicted octanol–water partition coefficient (Wildman–Crippen LogP) is 4.26. The Balaban J connectivity index is 2.12. The summed E-state index contributed by atoms with van der Waals surface area (Å²) in [5, 5.41) is -0.0548. The summed E-state index contributed by atoms with van der Waals surface area (Å²) in [6.45, 7) is 3.21. The topological polar surface area (TPSA) is 91.2 Å². The number of sulfone groups is 1. The molecule has 3 aromatic rings. The number of aryl methyl sites for hydroxylation is 1. The maximum atomic E-state index is 12.4. The van der Waals surface area contributed by atoms with Crippen molar-refractivity contribution in [2.75, 3.05) is 0 Å². The van der Waals surface area contributed by atoms with Crippen molar-refractivity contribution in [3.8, 4) is 23.0 Å². The van der Waals surface area contributed by atoms with Crippen LogP contribution in [-0.2, 0) is 22.6 Å². The second kappa shape index (κ2) is 8.75. The van der Waals surface area contributed by atoms with Crippen molar-refractivity contribution >= 4 is 33.0 Å². The van der Waals surface area contributed by atoms with Crippen LogP contribution in [0, 0.1) is 0 Å². The fraction of sp³-hybridized carbons (Fsp3) is 0.250. The molecule has 0 atom stereocenters. The molecule has 0 spiro atoms. The van der Waals surface area contributed by atoms with Crippen LogP contribution in [0.25, 0.3) is 11.3 Å². The number of aromatic nitrogens is 3. The molecule has 2 aromatic heterocycles. The van der Waals surface area contributed by atoms with E-state index < -0.39 is 15.1 Å². The molecule has 0 aliphatic rings. The standard InChI is InChI=1S/C20H19Cl2N3O4S/c1-12(2)30(27,28)11-14-9-17(13-7-8-18(26)25(3)10-13)24-20(23-14)29-19-15(21)5-4-6-16(19)22/h4-10,12H,11H2,1-3H3. The average Bonchev–Trinajstić information content (AvgIpc) is 2.66. The van der Waals surface area contributed by atoms with Crippen LogP contribution in [0.5, 0.6) is 11.8 Å². The van der Waals surface area contributed by atoms with E-state index in [1.165, 1.54) is 10.6 Å². The van der Waals surface area contributed by atoms with Gasteiger partial charge in [0.05, 0.1) is 32.4 Å². The molecule has 0 amide bonds. The molecule has 0 aliphatic heterocycles. The zero-order valence-electron chi connectivity index (χ0n) is 16.5. The minimum Gasteiger partial charge on any atom is -0.421 e. The third-order valence-corrected chi connectivity index (χ3v) is 7.05. The number of ether oxygens (including phenoxy) is 1. The molecule has 2 heterocycles. The lowest BCUT2D eigenvalue weighted by Gasteiger charge is -2.12. The first-order chi connectivity index (χ1) is 14.1. The highest BCUT2D eigenvalue weighted by atomic mass is 35.5. The fourth-order valence-corrected chi connectivity index (χ4v) is 3.90. The van der Waals surface area contributed by atoms with Gasteiger partial charge in [-0.3, -0.25) is 4.79 Å². The van der Waals surface area contributed by atoms with Crippen molar-refractivity contribution < 1.29 is 13.2 Å². The Kier molecular flexibility index (Phi) is 6.50. The highest BCUT2D eigenvalue weighted by Gasteiger charge is 2.20. The van der Waals surface area contributed by atoms with Crippen LogP contribution in [0.15, 0.2) is 47.4 Å². The number of hydrogen-bond acceptors (Lipinski definition) is 6. The molecule has 10 heteroatoms. The predicted molar refractivity (Wildman–Crippen MR) is 117 cm³/mol. The summed E-state index contributed by atoms with van der Waals surface area (Å²) in [5.41, 5.74) is 1.06. The lowest BCUT2D eigenvalue weighted by molar-refractivity contribution is 0.441. The molecule has 0 saturated heterocycles. The van der Waals surface area contributed by atoms with Gasteiger partial charge >= 0.3 is 6.01 Å². The first kappa shape index (κ1) is 22.3. The Morgan fingerprint density at radius 1 is 1.10 bits per heavy atom. The Bertz CT molecular complexity index is 1240.